The van der Waals surface area contributed by atoms with E-state index in [4.69, 9.17) is 28.9 Å². The quantitative estimate of drug-likeness (QED) is 0.307. The Morgan fingerprint density at radius 1 is 1.24 bits per heavy atom. The van der Waals surface area contributed by atoms with Crippen molar-refractivity contribution in [1.82, 2.24) is 0 Å². The van der Waals surface area contributed by atoms with Crippen molar-refractivity contribution in [3.8, 4) is 0 Å². The fourth-order valence-electron chi connectivity index (χ4n) is 2.88. The number of azide groups is 1. The molecule has 0 spiro atoms. The van der Waals surface area contributed by atoms with Gasteiger partial charge in [0.25, 0.3) is 0 Å². The summed E-state index contributed by atoms with van der Waals surface area (Å²) in [6.45, 7) is 15.1. The molecule has 2 saturated heterocycles. The average molecular weight is 374 g/mol. The molecule has 0 amide bonds. The van der Waals surface area contributed by atoms with Gasteiger partial charge < -0.3 is 23.4 Å². The molecule has 0 aromatic carbocycles. The Labute approximate surface area is 150 Å². The van der Waals surface area contributed by atoms with Crippen LogP contribution >= 0.6 is 0 Å². The van der Waals surface area contributed by atoms with Crippen LogP contribution in [0, 0.1) is 0 Å². The fraction of sp³-hybridized carbons (Fsp3) is 1.00. The molecule has 0 radical (unpaired) electrons. The van der Waals surface area contributed by atoms with Gasteiger partial charge in [-0.05, 0) is 37.5 Å². The van der Waals surface area contributed by atoms with Crippen molar-refractivity contribution in [3.05, 3.63) is 10.4 Å². The van der Waals surface area contributed by atoms with Gasteiger partial charge in [-0.1, -0.05) is 25.9 Å². The minimum absolute atomic E-state index is 0.108. The van der Waals surface area contributed by atoms with Crippen LogP contribution in [0.2, 0.25) is 18.1 Å². The normalized spacial score (nSPS) is 33.0. The van der Waals surface area contributed by atoms with Crippen LogP contribution in [-0.2, 0) is 23.4 Å². The molecular weight excluding hydrogens is 342 g/mol. The van der Waals surface area contributed by atoms with E-state index < -0.39 is 26.4 Å². The zero-order chi connectivity index (χ0) is 19.0. The minimum Gasteiger partial charge on any atom is -0.414 e. The van der Waals surface area contributed by atoms with E-state index in [-0.39, 0.29) is 23.4 Å². The Morgan fingerprint density at radius 3 is 2.36 bits per heavy atom. The second-order valence-corrected chi connectivity index (χ2v) is 13.4. The molecule has 2 aliphatic rings. The monoisotopic (exact) mass is 373 g/mol. The smallest absolute Gasteiger partial charge is 0.192 e. The number of hydrogen-bond acceptors (Lipinski definition) is 6. The van der Waals surface area contributed by atoms with Gasteiger partial charge in [-0.25, -0.2) is 0 Å². The van der Waals surface area contributed by atoms with Gasteiger partial charge in [-0.3, -0.25) is 0 Å². The molecule has 2 heterocycles. The van der Waals surface area contributed by atoms with Crippen molar-refractivity contribution in [2.75, 3.05) is 13.7 Å². The number of ether oxygens (including phenoxy) is 4. The molecule has 0 bridgehead atoms. The summed E-state index contributed by atoms with van der Waals surface area (Å²) in [6.07, 6.45) is -2.24. The molecule has 8 nitrogen and oxygen atoms in total. The maximum atomic E-state index is 8.77. The first kappa shape index (κ1) is 20.6. The van der Waals surface area contributed by atoms with Gasteiger partial charge >= 0.3 is 0 Å². The molecule has 0 saturated carbocycles. The van der Waals surface area contributed by atoms with Crippen LogP contribution in [0.1, 0.15) is 34.6 Å². The molecule has 2 fully saturated rings. The van der Waals surface area contributed by atoms with Crippen molar-refractivity contribution in [3.63, 3.8) is 0 Å². The Hall–Kier alpha value is -0.673. The summed E-state index contributed by atoms with van der Waals surface area (Å²) < 4.78 is 29.7. The first-order valence-electron chi connectivity index (χ1n) is 8.64. The second-order valence-electron chi connectivity index (χ2n) is 8.61. The molecule has 1 unspecified atom stereocenters. The maximum absolute atomic E-state index is 8.77. The number of fused-ring (bicyclic) bond motifs is 1. The van der Waals surface area contributed by atoms with Crippen LogP contribution in [0.3, 0.4) is 0 Å². The molecule has 9 heteroatoms. The third-order valence-electron chi connectivity index (χ3n) is 5.29. The van der Waals surface area contributed by atoms with Gasteiger partial charge in [-0.2, -0.15) is 0 Å². The number of nitrogens with zero attached hydrogens (tertiary/aromatic N) is 3. The van der Waals surface area contributed by atoms with Gasteiger partial charge in [0, 0.05) is 12.0 Å². The summed E-state index contributed by atoms with van der Waals surface area (Å²) in [6, 6.07) is 0. The summed E-state index contributed by atoms with van der Waals surface area (Å²) in [4.78, 5) is 2.84. The van der Waals surface area contributed by atoms with Crippen LogP contribution in [0.25, 0.3) is 10.4 Å². The lowest BCUT2D eigenvalue weighted by Gasteiger charge is -2.37. The van der Waals surface area contributed by atoms with Crippen molar-refractivity contribution in [1.29, 1.82) is 0 Å². The number of methoxy groups -OCH3 is 1. The van der Waals surface area contributed by atoms with E-state index in [9.17, 15) is 0 Å². The van der Waals surface area contributed by atoms with Gasteiger partial charge in [0.05, 0.1) is 6.61 Å². The Balaban J connectivity index is 2.15. The summed E-state index contributed by atoms with van der Waals surface area (Å²) >= 11 is 0. The molecule has 25 heavy (non-hydrogen) atoms. The van der Waals surface area contributed by atoms with Gasteiger partial charge in [-0.15, -0.1) is 0 Å². The standard InChI is InChI=1S/C16H31N3O5Si/c1-15(2,3)25(7,8)21-9-10-11-12(24-16(4,5)23-11)13(22-10)14(20-6)18-19-17/h10-14H,9H2,1-8H3/t10-,11+,12+,13+,14?/m1/s1. The van der Waals surface area contributed by atoms with Crippen LogP contribution in [0.15, 0.2) is 5.11 Å². The SMILES string of the molecule is COC(N=[N+]=[N-])[C@H]1O[C@H](CO[Si](C)(C)C(C)(C)C)[C@@H]2OC(C)(C)O[C@@H]21. The lowest BCUT2D eigenvalue weighted by molar-refractivity contribution is -0.201. The third-order valence-corrected chi connectivity index (χ3v) is 9.79. The molecular formula is C16H31N3O5Si. The second kappa shape index (κ2) is 7.15. The minimum atomic E-state index is -1.91. The highest BCUT2D eigenvalue weighted by Crippen LogP contribution is 2.42. The van der Waals surface area contributed by atoms with E-state index in [0.29, 0.717) is 6.61 Å². The van der Waals surface area contributed by atoms with Crippen LogP contribution in [-0.4, -0.2) is 58.5 Å². The lowest BCUT2D eigenvalue weighted by atomic mass is 10.1. The molecule has 0 N–H and O–H groups in total. The highest BCUT2D eigenvalue weighted by Gasteiger charge is 2.57. The molecule has 2 aliphatic heterocycles. The van der Waals surface area contributed by atoms with Crippen molar-refractivity contribution < 1.29 is 23.4 Å². The van der Waals surface area contributed by atoms with E-state index in [0.717, 1.165) is 0 Å². The van der Waals surface area contributed by atoms with E-state index in [2.05, 4.69) is 43.9 Å². The molecule has 2 rings (SSSR count). The molecule has 0 aromatic heterocycles. The first-order valence-corrected chi connectivity index (χ1v) is 11.5. The molecule has 5 atom stereocenters. The fourth-order valence-corrected chi connectivity index (χ4v) is 3.90. The number of rotatable bonds is 6. The highest BCUT2D eigenvalue weighted by molar-refractivity contribution is 6.74. The zero-order valence-corrected chi connectivity index (χ0v) is 17.5. The van der Waals surface area contributed by atoms with E-state index in [1.165, 1.54) is 7.11 Å². The Bertz CT molecular complexity index is 530. The van der Waals surface area contributed by atoms with Gasteiger partial charge in [0.1, 0.15) is 24.4 Å². The average Bonchev–Trinajstić information content (AvgIpc) is 2.95. The predicted octanol–water partition coefficient (Wildman–Crippen LogP) is 3.58. The lowest BCUT2D eigenvalue weighted by Crippen LogP contribution is -2.44. The van der Waals surface area contributed by atoms with Crippen molar-refractivity contribution in [2.45, 2.75) is 89.2 Å². The van der Waals surface area contributed by atoms with E-state index >= 15 is 0 Å². The molecule has 0 aromatic rings. The van der Waals surface area contributed by atoms with E-state index in [1.807, 2.05) is 13.8 Å². The molecule has 144 valence electrons. The topological polar surface area (TPSA) is 94.9 Å². The van der Waals surface area contributed by atoms with Crippen molar-refractivity contribution in [2.24, 2.45) is 5.11 Å². The number of hydrogen-bond donors (Lipinski definition) is 0. The summed E-state index contributed by atoms with van der Waals surface area (Å²) in [5, 5.41) is 3.79. The van der Waals surface area contributed by atoms with Crippen molar-refractivity contribution >= 4 is 8.32 Å². The Morgan fingerprint density at radius 2 is 1.84 bits per heavy atom. The van der Waals surface area contributed by atoms with Gasteiger partial charge in [0.2, 0.25) is 0 Å². The van der Waals surface area contributed by atoms with Gasteiger partial charge in [0.15, 0.2) is 20.3 Å². The molecule has 0 aliphatic carbocycles. The zero-order valence-electron chi connectivity index (χ0n) is 16.5. The highest BCUT2D eigenvalue weighted by atomic mass is 28.4. The maximum Gasteiger partial charge on any atom is 0.192 e. The summed E-state index contributed by atoms with van der Waals surface area (Å²) in [5.41, 5.74) is 8.77. The summed E-state index contributed by atoms with van der Waals surface area (Å²) in [7, 11) is -0.430. The first-order chi connectivity index (χ1) is 11.4. The third kappa shape index (κ3) is 4.36. The summed E-state index contributed by atoms with van der Waals surface area (Å²) in [5.74, 6) is -0.721. The van der Waals surface area contributed by atoms with Crippen LogP contribution < -0.4 is 0 Å². The largest absolute Gasteiger partial charge is 0.414 e. The van der Waals surface area contributed by atoms with Crippen LogP contribution in [0.4, 0.5) is 0 Å². The van der Waals surface area contributed by atoms with Crippen LogP contribution in [0.5, 0.6) is 0 Å². The predicted molar refractivity (Wildman–Crippen MR) is 95.6 cm³/mol. The van der Waals surface area contributed by atoms with E-state index in [1.54, 1.807) is 0 Å². The Kier molecular flexibility index (Phi) is 5.90.